The van der Waals surface area contributed by atoms with Crippen LogP contribution in [-0.2, 0) is 0 Å². The third-order valence-corrected chi connectivity index (χ3v) is 4.44. The van der Waals surface area contributed by atoms with Gasteiger partial charge in [-0.2, -0.15) is 0 Å². The molecule has 0 spiro atoms. The lowest BCUT2D eigenvalue weighted by Crippen LogP contribution is -2.55. The number of rotatable bonds is 2. The summed E-state index contributed by atoms with van der Waals surface area (Å²) in [7, 11) is 2.10. The van der Waals surface area contributed by atoms with E-state index >= 15 is 0 Å². The third-order valence-electron chi connectivity index (χ3n) is 4.44. The second-order valence-electron chi connectivity index (χ2n) is 5.12. The molecule has 3 atom stereocenters. The molecule has 2 nitrogen and oxygen atoms in total. The van der Waals surface area contributed by atoms with Gasteiger partial charge in [0.15, 0.2) is 0 Å². The van der Waals surface area contributed by atoms with Crippen LogP contribution in [0.1, 0.15) is 33.1 Å². The van der Waals surface area contributed by atoms with Gasteiger partial charge in [0.1, 0.15) is 0 Å². The van der Waals surface area contributed by atoms with Crippen LogP contribution >= 0.6 is 0 Å². The Bertz CT molecular complexity index is 229. The van der Waals surface area contributed by atoms with Crippen molar-refractivity contribution >= 4 is 0 Å². The molecule has 15 heavy (non-hydrogen) atoms. The van der Waals surface area contributed by atoms with Crippen LogP contribution in [0, 0.1) is 5.92 Å². The van der Waals surface area contributed by atoms with Crippen LogP contribution in [0.3, 0.4) is 0 Å². The Morgan fingerprint density at radius 1 is 1.20 bits per heavy atom. The molecule has 0 bridgehead atoms. The molecule has 1 heterocycles. The first kappa shape index (κ1) is 11.2. The van der Waals surface area contributed by atoms with Gasteiger partial charge in [-0.05, 0) is 39.2 Å². The minimum atomic E-state index is 0.714. The summed E-state index contributed by atoms with van der Waals surface area (Å²) in [6, 6.07) is 2.23. The zero-order chi connectivity index (χ0) is 10.8. The lowest BCUT2D eigenvalue weighted by molar-refractivity contribution is 0.0529. The van der Waals surface area contributed by atoms with Gasteiger partial charge in [0, 0.05) is 24.7 Å². The van der Waals surface area contributed by atoms with E-state index in [1.807, 2.05) is 0 Å². The summed E-state index contributed by atoms with van der Waals surface area (Å²) in [5.41, 5.74) is 0. The molecular formula is C13H24N2. The molecule has 1 saturated heterocycles. The van der Waals surface area contributed by atoms with Gasteiger partial charge in [0.2, 0.25) is 0 Å². The molecule has 0 aromatic heterocycles. The first-order valence-electron chi connectivity index (χ1n) is 6.32. The summed E-state index contributed by atoms with van der Waals surface area (Å²) in [5, 5.41) is 3.45. The first-order valence-corrected chi connectivity index (χ1v) is 6.32. The second kappa shape index (κ2) is 4.67. The summed E-state index contributed by atoms with van der Waals surface area (Å²) < 4.78 is 0. The Hall–Kier alpha value is -0.340. The summed E-state index contributed by atoms with van der Waals surface area (Å²) in [5.74, 6) is 0.768. The van der Waals surface area contributed by atoms with Gasteiger partial charge in [-0.25, -0.2) is 0 Å². The van der Waals surface area contributed by atoms with E-state index in [4.69, 9.17) is 0 Å². The molecule has 0 saturated carbocycles. The van der Waals surface area contributed by atoms with Gasteiger partial charge < -0.3 is 5.32 Å². The van der Waals surface area contributed by atoms with Gasteiger partial charge >= 0.3 is 0 Å². The highest BCUT2D eigenvalue weighted by molar-refractivity contribution is 5.01. The van der Waals surface area contributed by atoms with Crippen molar-refractivity contribution in [3.05, 3.63) is 12.2 Å². The molecule has 0 aromatic rings. The number of piperidine rings is 1. The maximum absolute atomic E-state index is 3.45. The van der Waals surface area contributed by atoms with Crippen molar-refractivity contribution in [2.75, 3.05) is 13.6 Å². The van der Waals surface area contributed by atoms with E-state index in [0.717, 1.165) is 18.0 Å². The van der Waals surface area contributed by atoms with Gasteiger partial charge in [-0.1, -0.05) is 19.1 Å². The molecule has 1 aliphatic heterocycles. The zero-order valence-electron chi connectivity index (χ0n) is 10.2. The minimum absolute atomic E-state index is 0.714. The van der Waals surface area contributed by atoms with Crippen LogP contribution in [0.15, 0.2) is 12.2 Å². The molecule has 0 radical (unpaired) electrons. The highest BCUT2D eigenvalue weighted by Crippen LogP contribution is 2.29. The fourth-order valence-electron chi connectivity index (χ4n) is 3.19. The van der Waals surface area contributed by atoms with Crippen LogP contribution in [0.2, 0.25) is 0 Å². The first-order chi connectivity index (χ1) is 7.24. The highest BCUT2D eigenvalue weighted by atomic mass is 15.2. The van der Waals surface area contributed by atoms with Crippen LogP contribution in [-0.4, -0.2) is 36.6 Å². The number of nitrogens with zero attached hydrogens (tertiary/aromatic N) is 1. The van der Waals surface area contributed by atoms with Crippen LogP contribution in [0.25, 0.3) is 0 Å². The van der Waals surface area contributed by atoms with E-state index in [2.05, 4.69) is 43.3 Å². The minimum Gasteiger partial charge on any atom is -0.317 e. The summed E-state index contributed by atoms with van der Waals surface area (Å²) >= 11 is 0. The van der Waals surface area contributed by atoms with Crippen molar-refractivity contribution < 1.29 is 0 Å². The Morgan fingerprint density at radius 3 is 2.47 bits per heavy atom. The molecule has 1 fully saturated rings. The van der Waals surface area contributed by atoms with Crippen molar-refractivity contribution in [2.24, 2.45) is 5.92 Å². The average Bonchev–Trinajstić information content (AvgIpc) is 2.75. The van der Waals surface area contributed by atoms with E-state index in [0.29, 0.717) is 6.04 Å². The molecule has 0 amide bonds. The number of likely N-dealkylation sites (tertiary alicyclic amines) is 1. The Labute approximate surface area is 93.7 Å². The van der Waals surface area contributed by atoms with Crippen LogP contribution in [0.4, 0.5) is 0 Å². The fourth-order valence-corrected chi connectivity index (χ4v) is 3.19. The molecular weight excluding hydrogens is 184 g/mol. The van der Waals surface area contributed by atoms with Crippen molar-refractivity contribution in [2.45, 2.75) is 51.2 Å². The molecule has 1 N–H and O–H groups in total. The lowest BCUT2D eigenvalue weighted by atomic mass is 9.86. The average molecular weight is 208 g/mol. The Kier molecular flexibility index (Phi) is 3.47. The van der Waals surface area contributed by atoms with Crippen LogP contribution < -0.4 is 5.32 Å². The van der Waals surface area contributed by atoms with Gasteiger partial charge in [-0.15, -0.1) is 0 Å². The van der Waals surface area contributed by atoms with E-state index in [1.165, 1.54) is 25.8 Å². The predicted molar refractivity (Wildman–Crippen MR) is 65.0 cm³/mol. The molecule has 0 aromatic carbocycles. The molecule has 86 valence electrons. The molecule has 1 aliphatic carbocycles. The summed E-state index contributed by atoms with van der Waals surface area (Å²) in [6.45, 7) is 6.05. The number of nitrogens with one attached hydrogen (secondary N) is 1. The van der Waals surface area contributed by atoms with Gasteiger partial charge in [-0.3, -0.25) is 4.90 Å². The van der Waals surface area contributed by atoms with Crippen LogP contribution in [0.5, 0.6) is 0 Å². The standard InChI is InChI=1S/C13H24N2/c1-10-11(2)15(9-8-13(10)14-3)12-6-4-5-7-12/h4-5,10-14H,6-9H2,1-3H3. The molecule has 3 unspecified atom stereocenters. The monoisotopic (exact) mass is 208 g/mol. The van der Waals surface area contributed by atoms with E-state index < -0.39 is 0 Å². The van der Waals surface area contributed by atoms with Gasteiger partial charge in [0.05, 0.1) is 0 Å². The Morgan fingerprint density at radius 2 is 1.87 bits per heavy atom. The topological polar surface area (TPSA) is 15.3 Å². The SMILES string of the molecule is CNC1CCN(C2CC=CC2)C(C)C1C. The maximum atomic E-state index is 3.45. The van der Waals surface area contributed by atoms with E-state index in [-0.39, 0.29) is 0 Å². The molecule has 2 heteroatoms. The van der Waals surface area contributed by atoms with E-state index in [9.17, 15) is 0 Å². The lowest BCUT2D eigenvalue weighted by Gasteiger charge is -2.45. The fraction of sp³-hybridized carbons (Fsp3) is 0.846. The van der Waals surface area contributed by atoms with E-state index in [1.54, 1.807) is 0 Å². The quantitative estimate of drug-likeness (QED) is 0.699. The number of hydrogen-bond acceptors (Lipinski definition) is 2. The maximum Gasteiger partial charge on any atom is 0.0167 e. The number of hydrogen-bond donors (Lipinski definition) is 1. The smallest absolute Gasteiger partial charge is 0.0167 e. The second-order valence-corrected chi connectivity index (χ2v) is 5.12. The van der Waals surface area contributed by atoms with Crippen molar-refractivity contribution in [1.29, 1.82) is 0 Å². The normalized spacial score (nSPS) is 38.7. The summed E-state index contributed by atoms with van der Waals surface area (Å²) in [4.78, 5) is 2.72. The highest BCUT2D eigenvalue weighted by Gasteiger charge is 2.34. The zero-order valence-corrected chi connectivity index (χ0v) is 10.2. The molecule has 2 rings (SSSR count). The van der Waals surface area contributed by atoms with Crippen molar-refractivity contribution in [3.63, 3.8) is 0 Å². The predicted octanol–water partition coefficient (Wildman–Crippen LogP) is 2.02. The largest absolute Gasteiger partial charge is 0.317 e. The van der Waals surface area contributed by atoms with Crippen molar-refractivity contribution in [3.8, 4) is 0 Å². The van der Waals surface area contributed by atoms with Crippen molar-refractivity contribution in [1.82, 2.24) is 10.2 Å². The molecule has 2 aliphatic rings. The third kappa shape index (κ3) is 2.11. The Balaban J connectivity index is 1.97. The van der Waals surface area contributed by atoms with Gasteiger partial charge in [0.25, 0.3) is 0 Å². The summed E-state index contributed by atoms with van der Waals surface area (Å²) in [6.07, 6.45) is 8.51.